The molecule has 1 aliphatic heterocycles. The topological polar surface area (TPSA) is 83.6 Å². The van der Waals surface area contributed by atoms with Crippen LogP contribution in [0.15, 0.2) is 17.0 Å². The molecule has 118 valence electrons. The van der Waals surface area contributed by atoms with Gasteiger partial charge in [0.25, 0.3) is 0 Å². The zero-order valence-electron chi connectivity index (χ0n) is 11.6. The molecule has 1 aromatic rings. The molecular weight excluding hydrogens is 335 g/mol. The van der Waals surface area contributed by atoms with E-state index in [9.17, 15) is 13.5 Å². The van der Waals surface area contributed by atoms with Crippen LogP contribution in [0.25, 0.3) is 0 Å². The first-order valence-corrected chi connectivity index (χ1v) is 8.80. The van der Waals surface area contributed by atoms with Crippen molar-refractivity contribution < 1.29 is 13.5 Å². The highest BCUT2D eigenvalue weighted by atomic mass is 35.5. The van der Waals surface area contributed by atoms with Crippen LogP contribution in [-0.4, -0.2) is 36.5 Å². The summed E-state index contributed by atoms with van der Waals surface area (Å²) in [6.07, 6.45) is 1.51. The SMILES string of the molecule is CC1(O)CCCN(S(=O)(=O)c2c(N)cc(Cl)cc2Cl)CC1. The Bertz CT molecular complexity index is 624. The number of halogens is 2. The first kappa shape index (κ1) is 16.8. The largest absolute Gasteiger partial charge is 0.398 e. The van der Waals surface area contributed by atoms with E-state index in [1.807, 2.05) is 0 Å². The van der Waals surface area contributed by atoms with Crippen LogP contribution in [0.1, 0.15) is 26.2 Å². The summed E-state index contributed by atoms with van der Waals surface area (Å²) in [5.41, 5.74) is 4.97. The Hall–Kier alpha value is -0.530. The zero-order chi connectivity index (χ0) is 15.8. The lowest BCUT2D eigenvalue weighted by atomic mass is 9.98. The Morgan fingerprint density at radius 3 is 2.57 bits per heavy atom. The Morgan fingerprint density at radius 1 is 1.29 bits per heavy atom. The first-order valence-electron chi connectivity index (χ1n) is 6.60. The molecule has 1 heterocycles. The number of nitrogens with two attached hydrogens (primary N) is 1. The number of rotatable bonds is 2. The van der Waals surface area contributed by atoms with Crippen molar-refractivity contribution >= 4 is 38.9 Å². The third-order valence-electron chi connectivity index (χ3n) is 3.66. The van der Waals surface area contributed by atoms with Gasteiger partial charge in [-0.25, -0.2) is 8.42 Å². The van der Waals surface area contributed by atoms with Crippen LogP contribution >= 0.6 is 23.2 Å². The minimum Gasteiger partial charge on any atom is -0.398 e. The van der Waals surface area contributed by atoms with Crippen molar-refractivity contribution in [2.24, 2.45) is 0 Å². The smallest absolute Gasteiger partial charge is 0.246 e. The molecule has 0 bridgehead atoms. The van der Waals surface area contributed by atoms with E-state index >= 15 is 0 Å². The number of aliphatic hydroxyl groups is 1. The molecule has 0 aromatic heterocycles. The zero-order valence-corrected chi connectivity index (χ0v) is 14.0. The molecule has 0 spiro atoms. The quantitative estimate of drug-likeness (QED) is 0.801. The van der Waals surface area contributed by atoms with E-state index in [0.717, 1.165) is 0 Å². The van der Waals surface area contributed by atoms with Crippen LogP contribution < -0.4 is 5.73 Å². The van der Waals surface area contributed by atoms with E-state index < -0.39 is 15.6 Å². The van der Waals surface area contributed by atoms with Crippen molar-refractivity contribution in [3.63, 3.8) is 0 Å². The summed E-state index contributed by atoms with van der Waals surface area (Å²) < 4.78 is 26.8. The molecular formula is C13H18Cl2N2O3S. The fourth-order valence-corrected chi connectivity index (χ4v) is 4.88. The summed E-state index contributed by atoms with van der Waals surface area (Å²) in [5.74, 6) is 0. The lowest BCUT2D eigenvalue weighted by Crippen LogP contribution is -2.34. The number of sulfonamides is 1. The summed E-state index contributed by atoms with van der Waals surface area (Å²) in [6.45, 7) is 2.28. The number of anilines is 1. The minimum atomic E-state index is -3.81. The molecule has 3 N–H and O–H groups in total. The highest BCUT2D eigenvalue weighted by Gasteiger charge is 2.33. The highest BCUT2D eigenvalue weighted by Crippen LogP contribution is 2.34. The Labute approximate surface area is 134 Å². The lowest BCUT2D eigenvalue weighted by molar-refractivity contribution is 0.0465. The average Bonchev–Trinajstić information content (AvgIpc) is 2.48. The molecule has 1 saturated heterocycles. The number of hydrogen-bond acceptors (Lipinski definition) is 4. The van der Waals surface area contributed by atoms with Gasteiger partial charge in [-0.2, -0.15) is 4.31 Å². The van der Waals surface area contributed by atoms with Gasteiger partial charge in [-0.3, -0.25) is 0 Å². The second-order valence-electron chi connectivity index (χ2n) is 5.56. The minimum absolute atomic E-state index is 0.0102. The molecule has 0 saturated carbocycles. The Morgan fingerprint density at radius 2 is 1.95 bits per heavy atom. The summed E-state index contributed by atoms with van der Waals surface area (Å²) >= 11 is 11.8. The maximum Gasteiger partial charge on any atom is 0.246 e. The van der Waals surface area contributed by atoms with Gasteiger partial charge < -0.3 is 10.8 Å². The van der Waals surface area contributed by atoms with E-state index in [-0.39, 0.29) is 27.2 Å². The van der Waals surface area contributed by atoms with Crippen molar-refractivity contribution in [3.8, 4) is 0 Å². The summed E-state index contributed by atoms with van der Waals surface area (Å²) in [5, 5.41) is 10.4. The molecule has 1 fully saturated rings. The molecule has 1 aliphatic rings. The van der Waals surface area contributed by atoms with Gasteiger partial charge >= 0.3 is 0 Å². The van der Waals surface area contributed by atoms with Crippen LogP contribution in [0.3, 0.4) is 0 Å². The molecule has 1 unspecified atom stereocenters. The summed E-state index contributed by atoms with van der Waals surface area (Å²) in [6, 6.07) is 2.73. The summed E-state index contributed by atoms with van der Waals surface area (Å²) in [4.78, 5) is -0.116. The van der Waals surface area contributed by atoms with Crippen LogP contribution in [0.5, 0.6) is 0 Å². The normalized spacial score (nSPS) is 24.8. The van der Waals surface area contributed by atoms with Gasteiger partial charge in [0.2, 0.25) is 10.0 Å². The maximum atomic E-state index is 12.7. The number of nitrogen functional groups attached to an aromatic ring is 1. The molecule has 5 nitrogen and oxygen atoms in total. The van der Waals surface area contributed by atoms with Gasteiger partial charge in [0, 0.05) is 18.1 Å². The van der Waals surface area contributed by atoms with E-state index in [1.165, 1.54) is 16.4 Å². The molecule has 0 aliphatic carbocycles. The lowest BCUT2D eigenvalue weighted by Gasteiger charge is -2.23. The standard InChI is InChI=1S/C13H18Cl2N2O3S/c1-13(18)3-2-5-17(6-4-13)21(19,20)12-10(15)7-9(14)8-11(12)16/h7-8,18H,2-6,16H2,1H3. The fraction of sp³-hybridized carbons (Fsp3) is 0.538. The van der Waals surface area contributed by atoms with Gasteiger partial charge in [-0.1, -0.05) is 23.2 Å². The third kappa shape index (κ3) is 3.63. The number of benzene rings is 1. The predicted molar refractivity (Wildman–Crippen MR) is 84.1 cm³/mol. The number of nitrogens with zero attached hydrogens (tertiary/aromatic N) is 1. The molecule has 2 rings (SSSR count). The molecule has 1 aromatic carbocycles. The van der Waals surface area contributed by atoms with Crippen LogP contribution in [0.2, 0.25) is 10.0 Å². The van der Waals surface area contributed by atoms with Crippen molar-refractivity contribution in [2.45, 2.75) is 36.7 Å². The average molecular weight is 353 g/mol. The molecule has 0 radical (unpaired) electrons. The maximum absolute atomic E-state index is 12.7. The molecule has 1 atom stereocenters. The fourth-order valence-electron chi connectivity index (χ4n) is 2.46. The van der Waals surface area contributed by atoms with E-state index in [1.54, 1.807) is 6.92 Å². The van der Waals surface area contributed by atoms with Crippen molar-refractivity contribution in [2.75, 3.05) is 18.8 Å². The van der Waals surface area contributed by atoms with Crippen molar-refractivity contribution in [1.29, 1.82) is 0 Å². The van der Waals surface area contributed by atoms with Crippen LogP contribution in [0.4, 0.5) is 5.69 Å². The van der Waals surface area contributed by atoms with Crippen molar-refractivity contribution in [1.82, 2.24) is 4.31 Å². The van der Waals surface area contributed by atoms with Crippen LogP contribution in [-0.2, 0) is 10.0 Å². The van der Waals surface area contributed by atoms with Gasteiger partial charge in [-0.05, 0) is 38.3 Å². The second kappa shape index (κ2) is 5.93. The monoisotopic (exact) mass is 352 g/mol. The molecule has 21 heavy (non-hydrogen) atoms. The third-order valence-corrected chi connectivity index (χ3v) is 6.30. The van der Waals surface area contributed by atoms with Gasteiger partial charge in [0.1, 0.15) is 4.90 Å². The Balaban J connectivity index is 2.39. The Kier molecular flexibility index (Phi) is 4.75. The molecule has 8 heteroatoms. The molecule has 0 amide bonds. The van der Waals surface area contributed by atoms with Gasteiger partial charge in [0.15, 0.2) is 0 Å². The van der Waals surface area contributed by atoms with Crippen molar-refractivity contribution in [3.05, 3.63) is 22.2 Å². The van der Waals surface area contributed by atoms with Gasteiger partial charge in [0.05, 0.1) is 16.3 Å². The number of hydrogen-bond donors (Lipinski definition) is 2. The highest BCUT2D eigenvalue weighted by molar-refractivity contribution is 7.89. The predicted octanol–water partition coefficient (Wildman–Crippen LogP) is 2.50. The van der Waals surface area contributed by atoms with E-state index in [0.29, 0.717) is 25.8 Å². The van der Waals surface area contributed by atoms with Gasteiger partial charge in [-0.15, -0.1) is 0 Å². The first-order chi connectivity index (χ1) is 9.63. The van der Waals surface area contributed by atoms with E-state index in [2.05, 4.69) is 0 Å². The second-order valence-corrected chi connectivity index (χ2v) is 8.28. The summed E-state index contributed by atoms with van der Waals surface area (Å²) in [7, 11) is -3.81. The van der Waals surface area contributed by atoms with Crippen LogP contribution in [0, 0.1) is 0 Å². The van der Waals surface area contributed by atoms with E-state index in [4.69, 9.17) is 28.9 Å².